The van der Waals surface area contributed by atoms with Crippen molar-refractivity contribution in [1.29, 1.82) is 0 Å². The molecule has 0 spiro atoms. The van der Waals surface area contributed by atoms with Crippen molar-refractivity contribution in [3.63, 3.8) is 0 Å². The number of nitrogens with one attached hydrogen (secondary N) is 3. The summed E-state index contributed by atoms with van der Waals surface area (Å²) in [5.41, 5.74) is 1.59. The molecule has 35 heavy (non-hydrogen) atoms. The smallest absolute Gasteiger partial charge is 0.356 e. The Morgan fingerprint density at radius 2 is 1.94 bits per heavy atom. The summed E-state index contributed by atoms with van der Waals surface area (Å²) in [6, 6.07) is 9.88. The molecule has 0 aliphatic carbocycles. The molecule has 0 radical (unpaired) electrons. The van der Waals surface area contributed by atoms with Crippen LogP contribution in [0.4, 0.5) is 23.4 Å². The number of aromatic amines is 1. The van der Waals surface area contributed by atoms with Crippen LogP contribution in [-0.2, 0) is 11.3 Å². The normalized spacial score (nSPS) is 15.8. The summed E-state index contributed by atoms with van der Waals surface area (Å²) in [4.78, 5) is 37.1. The van der Waals surface area contributed by atoms with Crippen LogP contribution < -0.4 is 15.5 Å². The van der Waals surface area contributed by atoms with Crippen molar-refractivity contribution >= 4 is 17.6 Å². The monoisotopic (exact) mass is 490 g/mol. The number of rotatable bonds is 7. The first kappa shape index (κ1) is 24.2. The molecule has 1 atom stereocenters. The fourth-order valence-corrected chi connectivity index (χ4v) is 3.82. The predicted molar refractivity (Wildman–Crippen MR) is 119 cm³/mol. The first-order valence-electron chi connectivity index (χ1n) is 10.9. The van der Waals surface area contributed by atoms with Gasteiger partial charge in [0, 0.05) is 24.8 Å². The summed E-state index contributed by atoms with van der Waals surface area (Å²) in [5, 5.41) is 4.63. The van der Waals surface area contributed by atoms with Gasteiger partial charge in [-0.05, 0) is 24.5 Å². The molecule has 0 saturated carbocycles. The number of hydrogen-bond donors (Lipinski definition) is 3. The molecule has 4 rings (SSSR count). The quantitative estimate of drug-likeness (QED) is 0.442. The molecule has 3 aromatic rings. The van der Waals surface area contributed by atoms with E-state index in [0.717, 1.165) is 11.8 Å². The third-order valence-electron chi connectivity index (χ3n) is 5.50. The summed E-state index contributed by atoms with van der Waals surface area (Å²) in [6.07, 6.45) is -1.38. The summed E-state index contributed by atoms with van der Waals surface area (Å²) in [7, 11) is 0. The summed E-state index contributed by atoms with van der Waals surface area (Å²) < 4.78 is 52.0. The minimum Gasteiger partial charge on any atom is -0.356 e. The highest BCUT2D eigenvalue weighted by Crippen LogP contribution is 2.28. The standard InChI is InChI=1S/C23H22F4N6O2/c24-16-12-29-19(15-9-17(28-11-15)21(34)30-10-14-5-2-1-3-6-14)32-20(16)33-8-4-7-18(33)22(35)31-13-23(25,26)27/h1-3,5-6,9,11-12,18,28H,4,7-8,10,13H2,(H,30,34)(H,31,35)/t18-/m1/s1. The molecule has 8 nitrogen and oxygen atoms in total. The second kappa shape index (κ2) is 10.1. The third-order valence-corrected chi connectivity index (χ3v) is 5.50. The number of halogens is 4. The van der Waals surface area contributed by atoms with E-state index in [4.69, 9.17) is 0 Å². The summed E-state index contributed by atoms with van der Waals surface area (Å²) in [6.45, 7) is -0.887. The Bertz CT molecular complexity index is 1200. The van der Waals surface area contributed by atoms with Crippen molar-refractivity contribution in [2.24, 2.45) is 0 Å². The van der Waals surface area contributed by atoms with Crippen molar-refractivity contribution in [3.8, 4) is 11.4 Å². The SMILES string of the molecule is O=C(NCc1ccccc1)c1cc(-c2ncc(F)c(N3CCC[C@@H]3C(=O)NCC(F)(F)F)n2)c[nH]1. The van der Waals surface area contributed by atoms with Gasteiger partial charge >= 0.3 is 6.18 Å². The molecule has 3 heterocycles. The average Bonchev–Trinajstić information content (AvgIpc) is 3.52. The molecule has 0 unspecified atom stereocenters. The average molecular weight is 490 g/mol. The zero-order valence-electron chi connectivity index (χ0n) is 18.4. The maximum Gasteiger partial charge on any atom is 0.405 e. The lowest BCUT2D eigenvalue weighted by Gasteiger charge is -2.25. The highest BCUT2D eigenvalue weighted by atomic mass is 19.4. The summed E-state index contributed by atoms with van der Waals surface area (Å²) >= 11 is 0. The predicted octanol–water partition coefficient (Wildman–Crippen LogP) is 3.19. The number of benzene rings is 1. The summed E-state index contributed by atoms with van der Waals surface area (Å²) in [5.74, 6) is -2.10. The van der Waals surface area contributed by atoms with Gasteiger partial charge in [-0.2, -0.15) is 13.2 Å². The molecule has 2 aromatic heterocycles. The molecule has 3 N–H and O–H groups in total. The van der Waals surface area contributed by atoms with E-state index in [-0.39, 0.29) is 36.2 Å². The van der Waals surface area contributed by atoms with E-state index in [0.29, 0.717) is 18.5 Å². The fraction of sp³-hybridized carbons (Fsp3) is 0.304. The molecule has 0 bridgehead atoms. The van der Waals surface area contributed by atoms with Crippen LogP contribution in [0, 0.1) is 5.82 Å². The van der Waals surface area contributed by atoms with Crippen LogP contribution in [-0.4, -0.2) is 52.1 Å². The topological polar surface area (TPSA) is 103 Å². The number of amides is 2. The molecular weight excluding hydrogens is 468 g/mol. The Balaban J connectivity index is 1.48. The van der Waals surface area contributed by atoms with E-state index in [1.165, 1.54) is 17.2 Å². The lowest BCUT2D eigenvalue weighted by molar-refractivity contribution is -0.139. The van der Waals surface area contributed by atoms with Crippen LogP contribution in [0.1, 0.15) is 28.9 Å². The molecule has 1 aromatic carbocycles. The highest BCUT2D eigenvalue weighted by molar-refractivity contribution is 5.93. The van der Waals surface area contributed by atoms with E-state index in [1.54, 1.807) is 0 Å². The molecule has 1 fully saturated rings. The second-order valence-corrected chi connectivity index (χ2v) is 8.02. The second-order valence-electron chi connectivity index (χ2n) is 8.02. The number of nitrogens with zero attached hydrogens (tertiary/aromatic N) is 3. The van der Waals surface area contributed by atoms with Gasteiger partial charge < -0.3 is 20.5 Å². The Morgan fingerprint density at radius 3 is 2.69 bits per heavy atom. The molecule has 2 amide bonds. The fourth-order valence-electron chi connectivity index (χ4n) is 3.82. The minimum atomic E-state index is -4.55. The Labute approximate surface area is 197 Å². The number of carbonyl (C=O) groups is 2. The van der Waals surface area contributed by atoms with Crippen molar-refractivity contribution < 1.29 is 27.2 Å². The third kappa shape index (κ3) is 5.94. The van der Waals surface area contributed by atoms with Gasteiger partial charge in [0.05, 0.1) is 6.20 Å². The lowest BCUT2D eigenvalue weighted by atomic mass is 10.2. The lowest BCUT2D eigenvalue weighted by Crippen LogP contribution is -2.46. The number of aromatic nitrogens is 3. The first-order chi connectivity index (χ1) is 16.7. The molecule has 184 valence electrons. The van der Waals surface area contributed by atoms with Gasteiger partial charge in [0.15, 0.2) is 17.5 Å². The molecule has 1 aliphatic rings. The molecular formula is C23H22F4N6O2. The van der Waals surface area contributed by atoms with Crippen LogP contribution in [0.15, 0.2) is 48.8 Å². The Morgan fingerprint density at radius 1 is 1.17 bits per heavy atom. The number of carbonyl (C=O) groups excluding carboxylic acids is 2. The number of H-pyrrole nitrogens is 1. The first-order valence-corrected chi connectivity index (χ1v) is 10.9. The van der Waals surface area contributed by atoms with Gasteiger partial charge in [-0.15, -0.1) is 0 Å². The maximum absolute atomic E-state index is 14.6. The van der Waals surface area contributed by atoms with Gasteiger partial charge in [-0.25, -0.2) is 14.4 Å². The number of hydrogen-bond acceptors (Lipinski definition) is 5. The number of alkyl halides is 3. The largest absolute Gasteiger partial charge is 0.405 e. The Hall–Kier alpha value is -3.96. The van der Waals surface area contributed by atoms with Crippen molar-refractivity contribution in [2.75, 3.05) is 18.0 Å². The van der Waals surface area contributed by atoms with E-state index in [1.807, 2.05) is 35.6 Å². The van der Waals surface area contributed by atoms with E-state index in [2.05, 4.69) is 20.3 Å². The van der Waals surface area contributed by atoms with Crippen molar-refractivity contribution in [3.05, 3.63) is 65.9 Å². The minimum absolute atomic E-state index is 0.0982. The van der Waals surface area contributed by atoms with Crippen LogP contribution >= 0.6 is 0 Å². The molecule has 1 aliphatic heterocycles. The maximum atomic E-state index is 14.6. The van der Waals surface area contributed by atoms with Gasteiger partial charge in [-0.1, -0.05) is 30.3 Å². The van der Waals surface area contributed by atoms with Crippen molar-refractivity contribution in [2.45, 2.75) is 31.6 Å². The molecule has 1 saturated heterocycles. The van der Waals surface area contributed by atoms with Crippen LogP contribution in [0.5, 0.6) is 0 Å². The van der Waals surface area contributed by atoms with E-state index < -0.39 is 30.5 Å². The highest BCUT2D eigenvalue weighted by Gasteiger charge is 2.36. The van der Waals surface area contributed by atoms with Gasteiger partial charge in [0.25, 0.3) is 5.91 Å². The number of anilines is 1. The van der Waals surface area contributed by atoms with Gasteiger partial charge in [-0.3, -0.25) is 9.59 Å². The molecule has 12 heteroatoms. The van der Waals surface area contributed by atoms with Gasteiger partial charge in [0.1, 0.15) is 18.3 Å². The van der Waals surface area contributed by atoms with E-state index in [9.17, 15) is 27.2 Å². The van der Waals surface area contributed by atoms with Crippen LogP contribution in [0.25, 0.3) is 11.4 Å². The zero-order valence-corrected chi connectivity index (χ0v) is 18.4. The van der Waals surface area contributed by atoms with E-state index >= 15 is 0 Å². The van der Waals surface area contributed by atoms with Crippen LogP contribution in [0.3, 0.4) is 0 Å². The van der Waals surface area contributed by atoms with Gasteiger partial charge in [0.2, 0.25) is 5.91 Å². The van der Waals surface area contributed by atoms with Crippen LogP contribution in [0.2, 0.25) is 0 Å². The zero-order chi connectivity index (χ0) is 25.0. The Kier molecular flexibility index (Phi) is 6.99. The van der Waals surface area contributed by atoms with Crippen molar-refractivity contribution in [1.82, 2.24) is 25.6 Å².